The summed E-state index contributed by atoms with van der Waals surface area (Å²) >= 11 is 3.20. The summed E-state index contributed by atoms with van der Waals surface area (Å²) in [7, 11) is 2.05. The minimum absolute atomic E-state index is 0.0174. The highest BCUT2D eigenvalue weighted by Crippen LogP contribution is 2.48. The van der Waals surface area contributed by atoms with E-state index in [-0.39, 0.29) is 5.56 Å². The van der Waals surface area contributed by atoms with Crippen LogP contribution in [0.25, 0.3) is 21.9 Å². The maximum absolute atomic E-state index is 13.5. The number of fused-ring (bicyclic) bond motifs is 3. The number of hydrogen-bond donors (Lipinski definition) is 0. The van der Waals surface area contributed by atoms with Gasteiger partial charge in [-0.3, -0.25) is 9.36 Å². The number of hydrogen-bond acceptors (Lipinski definition) is 4. The van der Waals surface area contributed by atoms with Gasteiger partial charge in [0.25, 0.3) is 5.56 Å². The molecule has 0 aliphatic carbocycles. The Hall–Kier alpha value is -3.35. The van der Waals surface area contributed by atoms with E-state index in [9.17, 15) is 4.79 Å². The van der Waals surface area contributed by atoms with Crippen LogP contribution in [0.4, 0.5) is 5.69 Å². The molecule has 2 aromatic heterocycles. The van der Waals surface area contributed by atoms with E-state index in [2.05, 4.69) is 78.2 Å². The van der Waals surface area contributed by atoms with Gasteiger partial charge in [0, 0.05) is 42.1 Å². The molecule has 0 spiro atoms. The van der Waals surface area contributed by atoms with Crippen molar-refractivity contribution in [2.45, 2.75) is 18.0 Å². The molecule has 1 aliphatic rings. The summed E-state index contributed by atoms with van der Waals surface area (Å²) in [5, 5.41) is 3.37. The molecule has 5 rings (SSSR count). The number of thiazole rings is 1. The van der Waals surface area contributed by atoms with Crippen molar-refractivity contribution in [1.29, 1.82) is 0 Å². The molecule has 0 bridgehead atoms. The third kappa shape index (κ3) is 3.75. The van der Waals surface area contributed by atoms with Crippen molar-refractivity contribution in [1.82, 2.24) is 4.57 Å². The third-order valence-electron chi connectivity index (χ3n) is 5.70. The molecule has 4 aromatic rings. The van der Waals surface area contributed by atoms with E-state index in [0.29, 0.717) is 13.1 Å². The van der Waals surface area contributed by atoms with Gasteiger partial charge in [-0.1, -0.05) is 54.7 Å². The molecule has 2 aromatic carbocycles. The van der Waals surface area contributed by atoms with E-state index >= 15 is 0 Å². The number of allylic oxidation sites excluding steroid dienone is 2. The summed E-state index contributed by atoms with van der Waals surface area (Å²) in [6.45, 7) is 8.90. The van der Waals surface area contributed by atoms with Gasteiger partial charge in [-0.05, 0) is 23.6 Å². The van der Waals surface area contributed by atoms with E-state index < -0.39 is 0 Å². The summed E-state index contributed by atoms with van der Waals surface area (Å²) in [5.41, 5.74) is 2.20. The van der Waals surface area contributed by atoms with Crippen LogP contribution in [0.5, 0.6) is 0 Å². The van der Waals surface area contributed by atoms with E-state index in [1.165, 1.54) is 27.0 Å². The number of aromatic nitrogens is 2. The molecule has 3 heterocycles. The first-order valence-electron chi connectivity index (χ1n) is 10.7. The average Bonchev–Trinajstić information content (AvgIpc) is 3.32. The molecule has 6 heteroatoms. The molecule has 0 radical (unpaired) electrons. The van der Waals surface area contributed by atoms with Crippen molar-refractivity contribution in [2.75, 3.05) is 11.9 Å². The number of anilines is 1. The number of rotatable bonds is 5. The standard InChI is InChI=1S/C27H24N3OS2/c1-4-15-29-17-9-8-11-20(29)18-23-30(16-5-2)26(31)25(33-23)27-28(3)24-21-12-7-6-10-19(21)13-14-22(24)32-27/h4-14,17-18H,1-2,15-16H2,3H3/q+1/b27-25-. The van der Waals surface area contributed by atoms with Gasteiger partial charge in [-0.25, -0.2) is 0 Å². The molecular weight excluding hydrogens is 446 g/mol. The predicted molar refractivity (Wildman–Crippen MR) is 140 cm³/mol. The van der Waals surface area contributed by atoms with Crippen LogP contribution in [0, 0.1) is 0 Å². The maximum atomic E-state index is 13.5. The van der Waals surface area contributed by atoms with Crippen molar-refractivity contribution in [3.05, 3.63) is 111 Å². The smallest absolute Gasteiger partial charge is 0.272 e. The molecule has 0 amide bonds. The molecule has 0 saturated heterocycles. The zero-order valence-corrected chi connectivity index (χ0v) is 20.0. The van der Waals surface area contributed by atoms with Crippen molar-refractivity contribution in [3.8, 4) is 0 Å². The van der Waals surface area contributed by atoms with Gasteiger partial charge in [0.15, 0.2) is 12.7 Å². The van der Waals surface area contributed by atoms with Crippen LogP contribution in [0.1, 0.15) is 5.69 Å². The minimum Gasteiger partial charge on any atom is -0.336 e. The van der Waals surface area contributed by atoms with Gasteiger partial charge in [0.05, 0.1) is 5.69 Å². The Morgan fingerprint density at radius 1 is 1.03 bits per heavy atom. The zero-order chi connectivity index (χ0) is 22.9. The third-order valence-corrected chi connectivity index (χ3v) is 8.17. The van der Waals surface area contributed by atoms with Crippen molar-refractivity contribution < 1.29 is 4.57 Å². The minimum atomic E-state index is 0.0174. The molecule has 0 saturated carbocycles. The highest BCUT2D eigenvalue weighted by atomic mass is 32.2. The van der Waals surface area contributed by atoms with E-state index in [0.717, 1.165) is 25.6 Å². The van der Waals surface area contributed by atoms with E-state index in [1.807, 2.05) is 24.4 Å². The normalized spacial score (nSPS) is 15.2. The van der Waals surface area contributed by atoms with E-state index in [1.54, 1.807) is 22.4 Å². The topological polar surface area (TPSA) is 29.1 Å². The largest absolute Gasteiger partial charge is 0.336 e. The molecule has 0 unspecified atom stereocenters. The number of nitrogens with zero attached hydrogens (tertiary/aromatic N) is 3. The highest BCUT2D eigenvalue weighted by Gasteiger charge is 2.26. The molecule has 4 nitrogen and oxygen atoms in total. The van der Waals surface area contributed by atoms with Crippen molar-refractivity contribution in [2.24, 2.45) is 0 Å². The molecule has 164 valence electrons. The fourth-order valence-corrected chi connectivity index (χ4v) is 6.58. The van der Waals surface area contributed by atoms with Crippen LogP contribution in [0.3, 0.4) is 0 Å². The van der Waals surface area contributed by atoms with Gasteiger partial charge in [-0.2, -0.15) is 4.57 Å². The van der Waals surface area contributed by atoms with Crippen LogP contribution in [0.15, 0.2) is 95.8 Å². The monoisotopic (exact) mass is 470 g/mol. The van der Waals surface area contributed by atoms with Gasteiger partial charge in [0.2, 0.25) is 5.69 Å². The second-order valence-electron chi connectivity index (χ2n) is 7.78. The number of pyridine rings is 1. The van der Waals surface area contributed by atoms with Crippen LogP contribution < -0.4 is 24.2 Å². The molecule has 33 heavy (non-hydrogen) atoms. The summed E-state index contributed by atoms with van der Waals surface area (Å²) in [4.78, 5) is 16.9. The van der Waals surface area contributed by atoms with Crippen molar-refractivity contribution in [3.63, 3.8) is 0 Å². The lowest BCUT2D eigenvalue weighted by atomic mass is 10.1. The Balaban J connectivity index is 1.74. The first kappa shape index (κ1) is 21.5. The predicted octanol–water partition coefficient (Wildman–Crippen LogP) is 3.86. The van der Waals surface area contributed by atoms with Gasteiger partial charge < -0.3 is 4.90 Å². The lowest BCUT2D eigenvalue weighted by Gasteiger charge is -2.15. The number of benzene rings is 2. The summed E-state index contributed by atoms with van der Waals surface area (Å²) in [6, 6.07) is 18.7. The van der Waals surface area contributed by atoms with Crippen LogP contribution in [-0.2, 0) is 13.1 Å². The second-order valence-corrected chi connectivity index (χ2v) is 9.85. The highest BCUT2D eigenvalue weighted by molar-refractivity contribution is 8.08. The lowest BCUT2D eigenvalue weighted by molar-refractivity contribution is -0.688. The maximum Gasteiger partial charge on any atom is 0.272 e. The Bertz CT molecular complexity index is 1580. The Morgan fingerprint density at radius 3 is 2.67 bits per heavy atom. The molecule has 0 atom stereocenters. The Labute approximate surface area is 200 Å². The molecule has 1 aliphatic heterocycles. The molecular formula is C27H24N3OS2+. The van der Waals surface area contributed by atoms with E-state index in [4.69, 9.17) is 0 Å². The SMILES string of the molecule is C=CCn1c(=O)/c(=C2/Sc3ccc4ccccc4c3N2C)s/c1=C/c1cccc[n+]1CC=C. The summed E-state index contributed by atoms with van der Waals surface area (Å²) in [6.07, 6.45) is 7.74. The molecule has 0 fully saturated rings. The van der Waals surface area contributed by atoms with Crippen LogP contribution >= 0.6 is 23.1 Å². The molecule has 0 N–H and O–H groups in total. The van der Waals surface area contributed by atoms with Gasteiger partial charge in [0.1, 0.15) is 14.2 Å². The first-order chi connectivity index (χ1) is 16.1. The average molecular weight is 471 g/mol. The van der Waals surface area contributed by atoms with Gasteiger partial charge in [-0.15, -0.1) is 17.9 Å². The quantitative estimate of drug-likeness (QED) is 0.328. The second kappa shape index (κ2) is 8.89. The summed E-state index contributed by atoms with van der Waals surface area (Å²) in [5.74, 6) is 0. The fraction of sp³-hybridized carbons (Fsp3) is 0.111. The van der Waals surface area contributed by atoms with Crippen LogP contribution in [0.2, 0.25) is 0 Å². The number of thioether (sulfide) groups is 1. The lowest BCUT2D eigenvalue weighted by Crippen LogP contribution is -2.37. The fourth-order valence-electron chi connectivity index (χ4n) is 4.16. The van der Waals surface area contributed by atoms with Crippen LogP contribution in [-0.4, -0.2) is 11.6 Å². The Morgan fingerprint density at radius 2 is 1.85 bits per heavy atom. The first-order valence-corrected chi connectivity index (χ1v) is 12.3. The van der Waals surface area contributed by atoms with Crippen molar-refractivity contribution >= 4 is 50.7 Å². The van der Waals surface area contributed by atoms with Gasteiger partial charge >= 0.3 is 0 Å². The zero-order valence-electron chi connectivity index (χ0n) is 18.4. The summed E-state index contributed by atoms with van der Waals surface area (Å²) < 4.78 is 5.57. The Kier molecular flexibility index (Phi) is 5.79.